The van der Waals surface area contributed by atoms with Gasteiger partial charge in [-0.2, -0.15) is 0 Å². The summed E-state index contributed by atoms with van der Waals surface area (Å²) in [4.78, 5) is 12.6. The zero-order chi connectivity index (χ0) is 18.6. The molecule has 7 heteroatoms. The molecule has 5 nitrogen and oxygen atoms in total. The summed E-state index contributed by atoms with van der Waals surface area (Å²) in [5.41, 5.74) is 1.01. The van der Waals surface area contributed by atoms with Crippen molar-refractivity contribution in [1.82, 2.24) is 5.32 Å². The van der Waals surface area contributed by atoms with Gasteiger partial charge >= 0.3 is 0 Å². The van der Waals surface area contributed by atoms with Crippen molar-refractivity contribution in [1.29, 1.82) is 0 Å². The molecule has 0 aliphatic rings. The number of hydrogen-bond donors (Lipinski definition) is 1. The van der Waals surface area contributed by atoms with E-state index in [1.54, 1.807) is 0 Å². The normalized spacial score (nSPS) is 13.8. The number of hydrogen-bond acceptors (Lipinski definition) is 3. The lowest BCUT2D eigenvalue weighted by Gasteiger charge is -2.29. The molecule has 0 heterocycles. The molecule has 25 heavy (non-hydrogen) atoms. The topological polar surface area (TPSA) is 66.5 Å². The summed E-state index contributed by atoms with van der Waals surface area (Å²) >= 11 is 0. The predicted molar refractivity (Wildman–Crippen MR) is 96.2 cm³/mol. The van der Waals surface area contributed by atoms with E-state index in [-0.39, 0.29) is 11.7 Å². The predicted octanol–water partition coefficient (Wildman–Crippen LogP) is 2.86. The van der Waals surface area contributed by atoms with Gasteiger partial charge in [-0.05, 0) is 37.6 Å². The van der Waals surface area contributed by atoms with Crippen LogP contribution in [-0.2, 0) is 14.8 Å². The lowest BCUT2D eigenvalue weighted by Crippen LogP contribution is -2.48. The fourth-order valence-electron chi connectivity index (χ4n) is 2.58. The quantitative estimate of drug-likeness (QED) is 0.857. The fourth-order valence-corrected chi connectivity index (χ4v) is 3.75. The largest absolute Gasteiger partial charge is 0.348 e. The van der Waals surface area contributed by atoms with E-state index >= 15 is 0 Å². The lowest BCUT2D eigenvalue weighted by atomic mass is 10.1. The van der Waals surface area contributed by atoms with Crippen LogP contribution in [0.5, 0.6) is 0 Å². The van der Waals surface area contributed by atoms with E-state index in [2.05, 4.69) is 5.32 Å². The van der Waals surface area contributed by atoms with E-state index in [0.29, 0.717) is 0 Å². The summed E-state index contributed by atoms with van der Waals surface area (Å²) in [5, 5.41) is 2.79. The second kappa shape index (κ2) is 7.65. The van der Waals surface area contributed by atoms with Crippen molar-refractivity contribution in [2.45, 2.75) is 25.9 Å². The molecule has 0 saturated heterocycles. The molecule has 0 bridgehead atoms. The van der Waals surface area contributed by atoms with E-state index < -0.39 is 27.8 Å². The van der Waals surface area contributed by atoms with Gasteiger partial charge in [-0.25, -0.2) is 12.8 Å². The number of sulfonamides is 1. The van der Waals surface area contributed by atoms with Crippen LogP contribution in [0.15, 0.2) is 54.6 Å². The van der Waals surface area contributed by atoms with Crippen molar-refractivity contribution in [3.63, 3.8) is 0 Å². The number of benzene rings is 2. The van der Waals surface area contributed by atoms with Gasteiger partial charge in [0, 0.05) is 0 Å². The van der Waals surface area contributed by atoms with Gasteiger partial charge in [0.2, 0.25) is 15.9 Å². The molecule has 2 aromatic rings. The third-order valence-corrected chi connectivity index (χ3v) is 5.05. The van der Waals surface area contributed by atoms with Crippen molar-refractivity contribution < 1.29 is 17.6 Å². The van der Waals surface area contributed by atoms with Crippen molar-refractivity contribution in [2.24, 2.45) is 0 Å². The first-order valence-corrected chi connectivity index (χ1v) is 9.65. The molecule has 0 spiro atoms. The van der Waals surface area contributed by atoms with Crippen molar-refractivity contribution in [3.05, 3.63) is 66.0 Å². The van der Waals surface area contributed by atoms with Crippen LogP contribution in [-0.4, -0.2) is 26.6 Å². The molecule has 1 unspecified atom stereocenters. The number of anilines is 1. The molecular weight excluding hydrogens is 343 g/mol. The molecule has 134 valence electrons. The average molecular weight is 364 g/mol. The zero-order valence-electron chi connectivity index (χ0n) is 14.3. The standard InChI is InChI=1S/C18H21FN2O3S/c1-13(15-8-5-4-6-9-15)20-18(22)14(2)21(25(3,23)24)17-11-7-10-16(19)12-17/h4-14H,1-3H3,(H,20,22)/t13-,14?/m1/s1. The van der Waals surface area contributed by atoms with Crippen LogP contribution < -0.4 is 9.62 Å². The Hall–Kier alpha value is -2.41. The Labute approximate surface area is 147 Å². The third-order valence-electron chi connectivity index (χ3n) is 3.81. The van der Waals surface area contributed by atoms with Gasteiger partial charge in [0.15, 0.2) is 0 Å². The maximum Gasteiger partial charge on any atom is 0.244 e. The number of halogens is 1. The first kappa shape index (κ1) is 18.9. The summed E-state index contributed by atoms with van der Waals surface area (Å²) < 4.78 is 38.7. The molecule has 2 rings (SSSR count). The van der Waals surface area contributed by atoms with Gasteiger partial charge in [-0.3, -0.25) is 9.10 Å². The number of nitrogens with one attached hydrogen (secondary N) is 1. The van der Waals surface area contributed by atoms with Crippen LogP contribution in [0.1, 0.15) is 25.5 Å². The van der Waals surface area contributed by atoms with Gasteiger partial charge in [-0.1, -0.05) is 36.4 Å². The van der Waals surface area contributed by atoms with Crippen molar-refractivity contribution in [3.8, 4) is 0 Å². The summed E-state index contributed by atoms with van der Waals surface area (Å²) in [6, 6.07) is 13.2. The SMILES string of the molecule is CC(C(=O)N[C@H](C)c1ccccc1)N(c1cccc(F)c1)S(C)(=O)=O. The third kappa shape index (κ3) is 4.79. The minimum absolute atomic E-state index is 0.109. The molecule has 0 aliphatic heterocycles. The number of amides is 1. The van der Waals surface area contributed by atoms with Crippen molar-refractivity contribution in [2.75, 3.05) is 10.6 Å². The molecule has 0 saturated carbocycles. The second-order valence-corrected chi connectivity index (χ2v) is 7.72. The highest BCUT2D eigenvalue weighted by molar-refractivity contribution is 7.92. The Balaban J connectivity index is 2.24. The van der Waals surface area contributed by atoms with Gasteiger partial charge in [0.1, 0.15) is 11.9 Å². The Morgan fingerprint density at radius 1 is 1.08 bits per heavy atom. The van der Waals surface area contributed by atoms with Gasteiger partial charge in [-0.15, -0.1) is 0 Å². The number of carbonyl (C=O) groups excluding carboxylic acids is 1. The highest BCUT2D eigenvalue weighted by atomic mass is 32.2. The van der Waals surface area contributed by atoms with Crippen LogP contribution in [0.3, 0.4) is 0 Å². The van der Waals surface area contributed by atoms with E-state index in [1.807, 2.05) is 37.3 Å². The molecule has 2 atom stereocenters. The Morgan fingerprint density at radius 3 is 2.28 bits per heavy atom. The minimum atomic E-state index is -3.77. The van der Waals surface area contributed by atoms with Gasteiger partial charge in [0.05, 0.1) is 18.0 Å². The van der Waals surface area contributed by atoms with E-state index in [4.69, 9.17) is 0 Å². The average Bonchev–Trinajstić information content (AvgIpc) is 2.54. The van der Waals surface area contributed by atoms with Crippen LogP contribution in [0.2, 0.25) is 0 Å². The summed E-state index contributed by atoms with van der Waals surface area (Å²) in [5.74, 6) is -1.04. The molecule has 1 amide bonds. The molecule has 0 fully saturated rings. The van der Waals surface area contributed by atoms with E-state index in [1.165, 1.54) is 25.1 Å². The number of carbonyl (C=O) groups is 1. The van der Waals surface area contributed by atoms with Crippen LogP contribution in [0.25, 0.3) is 0 Å². The number of nitrogens with zero attached hydrogens (tertiary/aromatic N) is 1. The van der Waals surface area contributed by atoms with E-state index in [0.717, 1.165) is 22.2 Å². The summed E-state index contributed by atoms with van der Waals surface area (Å²) in [7, 11) is -3.77. The minimum Gasteiger partial charge on any atom is -0.348 e. The monoisotopic (exact) mass is 364 g/mol. The Kier molecular flexibility index (Phi) is 5.79. The van der Waals surface area contributed by atoms with Crippen LogP contribution in [0.4, 0.5) is 10.1 Å². The molecule has 1 N–H and O–H groups in total. The highest BCUT2D eigenvalue weighted by Gasteiger charge is 2.30. The Morgan fingerprint density at radius 2 is 1.72 bits per heavy atom. The summed E-state index contributed by atoms with van der Waals surface area (Å²) in [6.07, 6.45) is 0.988. The first-order chi connectivity index (χ1) is 11.7. The number of rotatable bonds is 6. The maximum absolute atomic E-state index is 13.5. The van der Waals surface area contributed by atoms with Gasteiger partial charge in [0.25, 0.3) is 0 Å². The molecule has 2 aromatic carbocycles. The van der Waals surface area contributed by atoms with Crippen LogP contribution in [0, 0.1) is 5.82 Å². The second-order valence-electron chi connectivity index (χ2n) is 5.86. The first-order valence-electron chi connectivity index (χ1n) is 7.80. The Bertz CT molecular complexity index is 840. The molecular formula is C18H21FN2O3S. The molecule has 0 radical (unpaired) electrons. The van der Waals surface area contributed by atoms with E-state index in [9.17, 15) is 17.6 Å². The zero-order valence-corrected chi connectivity index (χ0v) is 15.1. The van der Waals surface area contributed by atoms with Gasteiger partial charge < -0.3 is 5.32 Å². The highest BCUT2D eigenvalue weighted by Crippen LogP contribution is 2.22. The lowest BCUT2D eigenvalue weighted by molar-refractivity contribution is -0.122. The molecule has 0 aromatic heterocycles. The molecule has 0 aliphatic carbocycles. The fraction of sp³-hybridized carbons (Fsp3) is 0.278. The van der Waals surface area contributed by atoms with Crippen molar-refractivity contribution >= 4 is 21.6 Å². The van der Waals surface area contributed by atoms with Crippen LogP contribution >= 0.6 is 0 Å². The maximum atomic E-state index is 13.5. The summed E-state index contributed by atoms with van der Waals surface area (Å²) in [6.45, 7) is 3.28. The smallest absolute Gasteiger partial charge is 0.244 e.